The molecule has 0 saturated heterocycles. The molecule has 0 aromatic heterocycles. The summed E-state index contributed by atoms with van der Waals surface area (Å²) in [5.74, 6) is -0.296. The molecule has 4 heteroatoms. The zero-order chi connectivity index (χ0) is 13.8. The van der Waals surface area contributed by atoms with Crippen LogP contribution < -0.4 is 10.2 Å². The lowest BCUT2D eigenvalue weighted by Crippen LogP contribution is -2.08. The molecular formula is C15H16ClFN2. The molecule has 0 aliphatic carbocycles. The first-order valence-electron chi connectivity index (χ1n) is 6.01. The maximum atomic E-state index is 13.1. The van der Waals surface area contributed by atoms with Crippen LogP contribution in [0.15, 0.2) is 42.5 Å². The maximum Gasteiger partial charge on any atom is 0.125 e. The Labute approximate surface area is 117 Å². The summed E-state index contributed by atoms with van der Waals surface area (Å²) >= 11 is 5.99. The Morgan fingerprint density at radius 1 is 1.11 bits per heavy atom. The van der Waals surface area contributed by atoms with E-state index in [1.54, 1.807) is 6.07 Å². The molecule has 2 aromatic carbocycles. The number of nitrogens with one attached hydrogen (secondary N) is 1. The van der Waals surface area contributed by atoms with Gasteiger partial charge in [-0.25, -0.2) is 4.39 Å². The quantitative estimate of drug-likeness (QED) is 0.903. The van der Waals surface area contributed by atoms with Crippen LogP contribution in [0.25, 0.3) is 0 Å². The summed E-state index contributed by atoms with van der Waals surface area (Å²) in [7, 11) is 4.00. The van der Waals surface area contributed by atoms with E-state index >= 15 is 0 Å². The minimum Gasteiger partial charge on any atom is -0.380 e. The van der Waals surface area contributed by atoms with Crippen molar-refractivity contribution in [3.05, 3.63) is 58.9 Å². The number of nitrogens with zero attached hydrogens (tertiary/aromatic N) is 1. The monoisotopic (exact) mass is 278 g/mol. The van der Waals surface area contributed by atoms with Gasteiger partial charge in [-0.1, -0.05) is 23.7 Å². The van der Waals surface area contributed by atoms with E-state index in [-0.39, 0.29) is 5.82 Å². The Hall–Kier alpha value is -1.74. The second-order valence-corrected chi connectivity index (χ2v) is 4.95. The van der Waals surface area contributed by atoms with Crippen LogP contribution in [0.1, 0.15) is 5.56 Å². The summed E-state index contributed by atoms with van der Waals surface area (Å²) in [5.41, 5.74) is 2.87. The van der Waals surface area contributed by atoms with Gasteiger partial charge in [-0.2, -0.15) is 0 Å². The molecule has 19 heavy (non-hydrogen) atoms. The number of hydrogen-bond donors (Lipinski definition) is 1. The fraction of sp³-hybridized carbons (Fsp3) is 0.200. The molecule has 0 atom stereocenters. The second-order valence-electron chi connectivity index (χ2n) is 4.54. The summed E-state index contributed by atoms with van der Waals surface area (Å²) in [6.45, 7) is 0.608. The van der Waals surface area contributed by atoms with Gasteiger partial charge in [-0.15, -0.1) is 0 Å². The van der Waals surface area contributed by atoms with Crippen LogP contribution in [0.2, 0.25) is 5.02 Å². The van der Waals surface area contributed by atoms with Crippen molar-refractivity contribution in [2.24, 2.45) is 0 Å². The first kappa shape index (κ1) is 13.7. The minimum absolute atomic E-state index is 0.296. The minimum atomic E-state index is -0.296. The predicted octanol–water partition coefficient (Wildman–Crippen LogP) is 4.16. The van der Waals surface area contributed by atoms with E-state index in [4.69, 9.17) is 11.6 Å². The Morgan fingerprint density at radius 2 is 1.79 bits per heavy atom. The third kappa shape index (κ3) is 3.61. The summed E-state index contributed by atoms with van der Waals surface area (Å²) in [4.78, 5) is 2.04. The molecular weight excluding hydrogens is 263 g/mol. The van der Waals surface area contributed by atoms with Crippen LogP contribution in [0.3, 0.4) is 0 Å². The van der Waals surface area contributed by atoms with E-state index in [1.807, 2.05) is 43.3 Å². The van der Waals surface area contributed by atoms with Gasteiger partial charge in [-0.05, 0) is 35.9 Å². The van der Waals surface area contributed by atoms with E-state index in [2.05, 4.69) is 5.32 Å². The maximum absolute atomic E-state index is 13.1. The topological polar surface area (TPSA) is 15.3 Å². The van der Waals surface area contributed by atoms with Crippen molar-refractivity contribution < 1.29 is 4.39 Å². The van der Waals surface area contributed by atoms with Gasteiger partial charge in [0.1, 0.15) is 5.82 Å². The molecule has 0 unspecified atom stereocenters. The molecule has 100 valence electrons. The lowest BCUT2D eigenvalue weighted by Gasteiger charge is -2.13. The zero-order valence-corrected chi connectivity index (χ0v) is 11.7. The van der Waals surface area contributed by atoms with E-state index in [0.29, 0.717) is 17.3 Å². The van der Waals surface area contributed by atoms with E-state index in [1.165, 1.54) is 12.1 Å². The largest absolute Gasteiger partial charge is 0.380 e. The van der Waals surface area contributed by atoms with Gasteiger partial charge >= 0.3 is 0 Å². The number of anilines is 2. The average Bonchev–Trinajstić information content (AvgIpc) is 2.40. The first-order chi connectivity index (χ1) is 9.06. The third-order valence-corrected chi connectivity index (χ3v) is 3.19. The van der Waals surface area contributed by atoms with Crippen LogP contribution in [0, 0.1) is 5.82 Å². The second kappa shape index (κ2) is 5.93. The molecule has 0 bridgehead atoms. The molecule has 0 aliphatic rings. The standard InChI is InChI=1S/C15H16ClFN2/c1-19(2)13-6-3-11(4-7-13)10-18-15-9-12(17)5-8-14(15)16/h3-9,18H,10H2,1-2H3. The molecule has 0 radical (unpaired) electrons. The van der Waals surface area contributed by atoms with Crippen molar-refractivity contribution in [1.82, 2.24) is 0 Å². The first-order valence-corrected chi connectivity index (χ1v) is 6.39. The highest BCUT2D eigenvalue weighted by molar-refractivity contribution is 6.33. The summed E-state index contributed by atoms with van der Waals surface area (Å²) < 4.78 is 13.1. The average molecular weight is 279 g/mol. The molecule has 0 spiro atoms. The van der Waals surface area contributed by atoms with Crippen LogP contribution in [-0.2, 0) is 6.54 Å². The van der Waals surface area contributed by atoms with Crippen molar-refractivity contribution in [2.45, 2.75) is 6.54 Å². The van der Waals surface area contributed by atoms with Crippen molar-refractivity contribution in [3.63, 3.8) is 0 Å². The number of rotatable bonds is 4. The smallest absolute Gasteiger partial charge is 0.125 e. The molecule has 2 rings (SSSR count). The highest BCUT2D eigenvalue weighted by Gasteiger charge is 2.02. The number of hydrogen-bond acceptors (Lipinski definition) is 2. The highest BCUT2D eigenvalue weighted by atomic mass is 35.5. The summed E-state index contributed by atoms with van der Waals surface area (Å²) in [5, 5.41) is 3.65. The predicted molar refractivity (Wildman–Crippen MR) is 79.5 cm³/mol. The molecule has 0 amide bonds. The Morgan fingerprint density at radius 3 is 2.42 bits per heavy atom. The van der Waals surface area contributed by atoms with Gasteiger partial charge in [0, 0.05) is 26.3 Å². The lowest BCUT2D eigenvalue weighted by atomic mass is 10.2. The fourth-order valence-corrected chi connectivity index (χ4v) is 1.93. The summed E-state index contributed by atoms with van der Waals surface area (Å²) in [6, 6.07) is 12.5. The Bertz CT molecular complexity index is 553. The van der Waals surface area contributed by atoms with Crippen LogP contribution in [-0.4, -0.2) is 14.1 Å². The molecule has 0 heterocycles. The lowest BCUT2D eigenvalue weighted by molar-refractivity contribution is 0.628. The van der Waals surface area contributed by atoms with E-state index < -0.39 is 0 Å². The molecule has 2 nitrogen and oxygen atoms in total. The Balaban J connectivity index is 2.04. The SMILES string of the molecule is CN(C)c1ccc(CNc2cc(F)ccc2Cl)cc1. The highest BCUT2D eigenvalue weighted by Crippen LogP contribution is 2.23. The van der Waals surface area contributed by atoms with Gasteiger partial charge in [0.05, 0.1) is 10.7 Å². The van der Waals surface area contributed by atoms with Gasteiger partial charge in [-0.3, -0.25) is 0 Å². The van der Waals surface area contributed by atoms with E-state index in [0.717, 1.165) is 11.3 Å². The molecule has 0 saturated carbocycles. The molecule has 0 fully saturated rings. The van der Waals surface area contributed by atoms with Gasteiger partial charge in [0.15, 0.2) is 0 Å². The number of benzene rings is 2. The van der Waals surface area contributed by atoms with Gasteiger partial charge in [0.2, 0.25) is 0 Å². The normalized spacial score (nSPS) is 10.3. The van der Waals surface area contributed by atoms with Gasteiger partial charge < -0.3 is 10.2 Å². The van der Waals surface area contributed by atoms with Crippen molar-refractivity contribution in [2.75, 3.05) is 24.3 Å². The van der Waals surface area contributed by atoms with Crippen molar-refractivity contribution >= 4 is 23.0 Å². The van der Waals surface area contributed by atoms with Crippen LogP contribution in [0.5, 0.6) is 0 Å². The molecule has 0 aliphatic heterocycles. The van der Waals surface area contributed by atoms with Crippen molar-refractivity contribution in [3.8, 4) is 0 Å². The van der Waals surface area contributed by atoms with E-state index in [9.17, 15) is 4.39 Å². The zero-order valence-electron chi connectivity index (χ0n) is 11.0. The van der Waals surface area contributed by atoms with Gasteiger partial charge in [0.25, 0.3) is 0 Å². The molecule has 1 N–H and O–H groups in total. The van der Waals surface area contributed by atoms with Crippen molar-refractivity contribution in [1.29, 1.82) is 0 Å². The Kier molecular flexibility index (Phi) is 4.27. The molecule has 2 aromatic rings. The number of halogens is 2. The third-order valence-electron chi connectivity index (χ3n) is 2.86. The van der Waals surface area contributed by atoms with Crippen LogP contribution in [0.4, 0.5) is 15.8 Å². The fourth-order valence-electron chi connectivity index (χ4n) is 1.74. The summed E-state index contributed by atoms with van der Waals surface area (Å²) in [6.07, 6.45) is 0. The van der Waals surface area contributed by atoms with Crippen LogP contribution >= 0.6 is 11.6 Å².